The summed E-state index contributed by atoms with van der Waals surface area (Å²) in [5, 5.41) is 10.6. The molecule has 1 aromatic carbocycles. The van der Waals surface area contributed by atoms with Crippen molar-refractivity contribution in [3.63, 3.8) is 0 Å². The number of aliphatic hydroxyl groups is 1. The molecule has 27 heavy (non-hydrogen) atoms. The first kappa shape index (κ1) is 19.0. The molecule has 1 aliphatic heterocycles. The number of allylic oxidation sites excluding steroid dienone is 6. The first-order chi connectivity index (χ1) is 13.1. The van der Waals surface area contributed by atoms with Gasteiger partial charge in [0, 0.05) is 18.0 Å². The van der Waals surface area contributed by atoms with Crippen molar-refractivity contribution in [3.8, 4) is 0 Å². The zero-order valence-electron chi connectivity index (χ0n) is 15.7. The number of cyclic esters (lactones) is 1. The first-order valence-electron chi connectivity index (χ1n) is 9.58. The molecule has 3 rings (SSSR count). The van der Waals surface area contributed by atoms with Gasteiger partial charge in [-0.2, -0.15) is 0 Å². The lowest BCUT2D eigenvalue weighted by Gasteiger charge is -2.28. The fourth-order valence-corrected chi connectivity index (χ4v) is 3.74. The third-order valence-electron chi connectivity index (χ3n) is 5.15. The van der Waals surface area contributed by atoms with E-state index in [1.54, 1.807) is 0 Å². The third-order valence-corrected chi connectivity index (χ3v) is 5.15. The Bertz CT molecular complexity index is 817. The molecule has 2 atom stereocenters. The summed E-state index contributed by atoms with van der Waals surface area (Å²) in [7, 11) is 0. The molecule has 4 nitrogen and oxygen atoms in total. The molecule has 0 bridgehead atoms. The number of hydrogen-bond donors (Lipinski definition) is 2. The van der Waals surface area contributed by atoms with Crippen molar-refractivity contribution < 1.29 is 14.6 Å². The van der Waals surface area contributed by atoms with Crippen LogP contribution in [0.25, 0.3) is 0 Å². The van der Waals surface area contributed by atoms with Gasteiger partial charge in [-0.3, -0.25) is 0 Å². The van der Waals surface area contributed by atoms with E-state index in [1.165, 1.54) is 5.57 Å². The first-order valence-corrected chi connectivity index (χ1v) is 9.58. The lowest BCUT2D eigenvalue weighted by molar-refractivity contribution is -0.147. The molecule has 1 aliphatic carbocycles. The summed E-state index contributed by atoms with van der Waals surface area (Å²) in [5.74, 6) is -0.463. The van der Waals surface area contributed by atoms with E-state index in [1.807, 2.05) is 49.4 Å². The summed E-state index contributed by atoms with van der Waals surface area (Å²) in [6, 6.07) is 7.47. The van der Waals surface area contributed by atoms with E-state index in [2.05, 4.69) is 12.2 Å². The van der Waals surface area contributed by atoms with Gasteiger partial charge in [0.25, 0.3) is 0 Å². The molecule has 3 N–H and O–H groups in total. The quantitative estimate of drug-likeness (QED) is 0.542. The molecule has 0 amide bonds. The smallest absolute Gasteiger partial charge is 0.338 e. The van der Waals surface area contributed by atoms with Crippen LogP contribution in [0, 0.1) is 0 Å². The van der Waals surface area contributed by atoms with Crippen LogP contribution in [-0.2, 0) is 9.53 Å². The van der Waals surface area contributed by atoms with Gasteiger partial charge in [-0.25, -0.2) is 4.79 Å². The van der Waals surface area contributed by atoms with Gasteiger partial charge < -0.3 is 15.6 Å². The highest BCUT2D eigenvalue weighted by Crippen LogP contribution is 2.36. The van der Waals surface area contributed by atoms with E-state index in [9.17, 15) is 9.90 Å². The van der Waals surface area contributed by atoms with Crippen LogP contribution < -0.4 is 5.73 Å². The summed E-state index contributed by atoms with van der Waals surface area (Å²) < 4.78 is 5.67. The second kappa shape index (κ2) is 8.76. The number of anilines is 1. The van der Waals surface area contributed by atoms with E-state index in [0.717, 1.165) is 18.4 Å². The minimum Gasteiger partial charge on any atom is -0.512 e. The Labute approximate surface area is 160 Å². The molecular weight excluding hydrogens is 338 g/mol. The molecule has 2 aliphatic rings. The van der Waals surface area contributed by atoms with E-state index < -0.39 is 5.97 Å². The van der Waals surface area contributed by atoms with E-state index in [-0.39, 0.29) is 17.8 Å². The monoisotopic (exact) mass is 365 g/mol. The van der Waals surface area contributed by atoms with Crippen LogP contribution in [0.1, 0.15) is 50.5 Å². The van der Waals surface area contributed by atoms with Crippen molar-refractivity contribution in [1.82, 2.24) is 0 Å². The topological polar surface area (TPSA) is 72.5 Å². The molecule has 2 unspecified atom stereocenters. The van der Waals surface area contributed by atoms with Gasteiger partial charge in [0.1, 0.15) is 11.9 Å². The third kappa shape index (κ3) is 4.70. The lowest BCUT2D eigenvalue weighted by Crippen LogP contribution is -2.29. The predicted octanol–water partition coefficient (Wildman–Crippen LogP) is 5.11. The molecule has 1 aromatic rings. The van der Waals surface area contributed by atoms with Crippen molar-refractivity contribution in [2.75, 3.05) is 5.73 Å². The fraction of sp³-hybridized carbons (Fsp3) is 0.348. The van der Waals surface area contributed by atoms with Gasteiger partial charge in [0.2, 0.25) is 0 Å². The average molecular weight is 365 g/mol. The second-order valence-electron chi connectivity index (χ2n) is 7.10. The number of carbonyl (C=O) groups is 1. The van der Waals surface area contributed by atoms with Crippen LogP contribution in [0.3, 0.4) is 0 Å². The number of ether oxygens (including phenoxy) is 1. The van der Waals surface area contributed by atoms with Crippen LogP contribution >= 0.6 is 0 Å². The summed E-state index contributed by atoms with van der Waals surface area (Å²) in [6.45, 7) is 1.99. The molecule has 0 spiro atoms. The normalized spacial score (nSPS) is 20.9. The predicted molar refractivity (Wildman–Crippen MR) is 108 cm³/mol. The minimum absolute atomic E-state index is 0.153. The SMILES string of the molecule is CCC(C1=C(O)CC(CCC2=CC=CC=CC2)OC1=O)c1cccc(N)c1. The number of aliphatic hydroxyl groups excluding tert-OH is 1. The van der Waals surface area contributed by atoms with Crippen molar-refractivity contribution in [1.29, 1.82) is 0 Å². The van der Waals surface area contributed by atoms with E-state index in [0.29, 0.717) is 30.5 Å². The molecular formula is C23H27NO3. The van der Waals surface area contributed by atoms with Crippen molar-refractivity contribution in [2.45, 2.75) is 51.0 Å². The summed E-state index contributed by atoms with van der Waals surface area (Å²) in [6.07, 6.45) is 13.6. The highest BCUT2D eigenvalue weighted by molar-refractivity contribution is 5.91. The largest absolute Gasteiger partial charge is 0.512 e. The lowest BCUT2D eigenvalue weighted by atomic mass is 9.85. The van der Waals surface area contributed by atoms with Gasteiger partial charge in [-0.1, -0.05) is 55.0 Å². The average Bonchev–Trinajstić information content (AvgIpc) is 2.92. The molecule has 0 radical (unpaired) electrons. The Morgan fingerprint density at radius 2 is 2.15 bits per heavy atom. The molecule has 1 heterocycles. The molecule has 0 saturated heterocycles. The van der Waals surface area contributed by atoms with Gasteiger partial charge in [0.15, 0.2) is 0 Å². The number of carbonyl (C=O) groups excluding carboxylic acids is 1. The van der Waals surface area contributed by atoms with Gasteiger partial charge in [-0.05, 0) is 43.4 Å². The molecule has 142 valence electrons. The van der Waals surface area contributed by atoms with Crippen LogP contribution in [0.15, 0.2) is 71.6 Å². The number of nitrogen functional groups attached to an aromatic ring is 1. The fourth-order valence-electron chi connectivity index (χ4n) is 3.74. The standard InChI is InChI=1S/C23H27NO3/c1-2-20(17-10-7-11-18(24)14-17)22-21(25)15-19(27-23(22)26)13-12-16-8-5-3-4-6-9-16/h3-8,10-11,14,19-20,25H,2,9,12-13,15,24H2,1H3. The Balaban J connectivity index is 1.71. The maximum Gasteiger partial charge on any atom is 0.338 e. The van der Waals surface area contributed by atoms with Crippen molar-refractivity contribution >= 4 is 11.7 Å². The van der Waals surface area contributed by atoms with Gasteiger partial charge in [-0.15, -0.1) is 0 Å². The number of benzene rings is 1. The Morgan fingerprint density at radius 3 is 2.89 bits per heavy atom. The Morgan fingerprint density at radius 1 is 1.30 bits per heavy atom. The summed E-state index contributed by atoms with van der Waals surface area (Å²) in [4.78, 5) is 12.7. The van der Waals surface area contributed by atoms with E-state index >= 15 is 0 Å². The summed E-state index contributed by atoms with van der Waals surface area (Å²) in [5.41, 5.74) is 9.13. The molecule has 0 saturated carbocycles. The number of hydrogen-bond acceptors (Lipinski definition) is 4. The zero-order valence-corrected chi connectivity index (χ0v) is 15.7. The Kier molecular flexibility index (Phi) is 6.17. The number of nitrogens with two attached hydrogens (primary N) is 1. The molecule has 0 fully saturated rings. The van der Waals surface area contributed by atoms with Crippen LogP contribution in [0.4, 0.5) is 5.69 Å². The highest BCUT2D eigenvalue weighted by atomic mass is 16.5. The van der Waals surface area contributed by atoms with Gasteiger partial charge in [0.05, 0.1) is 5.57 Å². The summed E-state index contributed by atoms with van der Waals surface area (Å²) >= 11 is 0. The van der Waals surface area contributed by atoms with Crippen molar-refractivity contribution in [3.05, 3.63) is 77.1 Å². The number of rotatable bonds is 6. The second-order valence-corrected chi connectivity index (χ2v) is 7.10. The highest BCUT2D eigenvalue weighted by Gasteiger charge is 2.33. The van der Waals surface area contributed by atoms with E-state index in [4.69, 9.17) is 10.5 Å². The minimum atomic E-state index is -0.410. The van der Waals surface area contributed by atoms with Crippen molar-refractivity contribution in [2.24, 2.45) is 0 Å². The van der Waals surface area contributed by atoms with Crippen LogP contribution in [0.5, 0.6) is 0 Å². The number of esters is 1. The maximum absolute atomic E-state index is 12.7. The van der Waals surface area contributed by atoms with Gasteiger partial charge >= 0.3 is 5.97 Å². The molecule has 4 heteroatoms. The Hall–Kier alpha value is -2.75. The van der Waals surface area contributed by atoms with Crippen LogP contribution in [0.2, 0.25) is 0 Å². The maximum atomic E-state index is 12.7. The zero-order chi connectivity index (χ0) is 19.2. The molecule has 0 aromatic heterocycles. The van der Waals surface area contributed by atoms with Crippen LogP contribution in [-0.4, -0.2) is 17.2 Å².